The quantitative estimate of drug-likeness (QED) is 0.576. The van der Waals surface area contributed by atoms with Crippen LogP contribution in [0, 0.1) is 13.1 Å². The number of nitrogens with zero attached hydrogens (tertiary/aromatic N) is 3. The van der Waals surface area contributed by atoms with Crippen molar-refractivity contribution in [3.8, 4) is 0 Å². The van der Waals surface area contributed by atoms with Crippen molar-refractivity contribution >= 4 is 11.0 Å². The van der Waals surface area contributed by atoms with Crippen molar-refractivity contribution < 1.29 is 58.2 Å². The summed E-state index contributed by atoms with van der Waals surface area (Å²) in [5.74, 6) is 0. The number of rotatable bonds is 0. The Kier molecular flexibility index (Phi) is 7.03. The Morgan fingerprint density at radius 2 is 2.00 bits per heavy atom. The van der Waals surface area contributed by atoms with Gasteiger partial charge in [0, 0.05) is 18.4 Å². The molecule has 0 bridgehead atoms. The van der Waals surface area contributed by atoms with Crippen molar-refractivity contribution in [3.05, 3.63) is 24.0 Å². The summed E-state index contributed by atoms with van der Waals surface area (Å²) in [4.78, 5) is 4.08. The molecule has 0 aliphatic carbocycles. The van der Waals surface area contributed by atoms with Gasteiger partial charge in [0.25, 0.3) is 0 Å². The number of hydrogen-bond donors (Lipinski definition) is 0. The Morgan fingerprint density at radius 1 is 1.36 bits per heavy atom. The molecule has 70 valence electrons. The minimum Gasteiger partial charge on any atom is -0.369 e. The standard InChI is InChI=1S/C8H8N3.C2H6.Rb/c1-6-7-4-3-5-9-8(7)11(2)10-6;1-2;/h3-4H,1-2H3;1-2H3;/q-1;;+1. The van der Waals surface area contributed by atoms with Crippen LogP contribution in [-0.2, 0) is 7.05 Å². The Hall–Kier alpha value is 0.425. The molecule has 0 amide bonds. The summed E-state index contributed by atoms with van der Waals surface area (Å²) < 4.78 is 1.77. The van der Waals surface area contributed by atoms with Gasteiger partial charge in [0.1, 0.15) is 0 Å². The topological polar surface area (TPSA) is 30.7 Å². The molecular formula is C10H14N3Rb. The molecule has 0 saturated heterocycles. The monoisotopic (exact) mass is 261 g/mol. The Balaban J connectivity index is 0.000000531. The van der Waals surface area contributed by atoms with Gasteiger partial charge in [-0.25, -0.2) is 0 Å². The van der Waals surface area contributed by atoms with Crippen molar-refractivity contribution in [2.24, 2.45) is 7.05 Å². The summed E-state index contributed by atoms with van der Waals surface area (Å²) >= 11 is 0. The fourth-order valence-electron chi connectivity index (χ4n) is 1.21. The molecule has 0 aliphatic heterocycles. The third-order valence-corrected chi connectivity index (χ3v) is 1.73. The van der Waals surface area contributed by atoms with E-state index in [1.165, 1.54) is 0 Å². The van der Waals surface area contributed by atoms with Crippen molar-refractivity contribution in [2.45, 2.75) is 20.8 Å². The largest absolute Gasteiger partial charge is 1.00 e. The van der Waals surface area contributed by atoms with Gasteiger partial charge in [0.2, 0.25) is 0 Å². The Bertz CT molecular complexity index is 359. The van der Waals surface area contributed by atoms with E-state index in [-0.39, 0.29) is 58.2 Å². The molecular weight excluding hydrogens is 248 g/mol. The summed E-state index contributed by atoms with van der Waals surface area (Å²) in [6.07, 6.45) is 2.78. The van der Waals surface area contributed by atoms with Gasteiger partial charge in [-0.2, -0.15) is 17.2 Å². The third-order valence-electron chi connectivity index (χ3n) is 1.73. The van der Waals surface area contributed by atoms with Crippen molar-refractivity contribution in [3.63, 3.8) is 0 Å². The van der Waals surface area contributed by atoms with Gasteiger partial charge >= 0.3 is 58.2 Å². The smallest absolute Gasteiger partial charge is 0.369 e. The van der Waals surface area contributed by atoms with Crippen LogP contribution in [0.4, 0.5) is 0 Å². The number of hydrogen-bond acceptors (Lipinski definition) is 2. The second-order valence-corrected chi connectivity index (χ2v) is 2.52. The molecule has 2 rings (SSSR count). The molecule has 2 aromatic heterocycles. The van der Waals surface area contributed by atoms with E-state index in [2.05, 4.69) is 16.3 Å². The zero-order valence-corrected chi connectivity index (χ0v) is 14.4. The minimum atomic E-state index is 0. The zero-order valence-electron chi connectivity index (χ0n) is 9.50. The van der Waals surface area contributed by atoms with Gasteiger partial charge < -0.3 is 9.67 Å². The Labute approximate surface area is 134 Å². The number of pyridine rings is 1. The molecule has 0 aliphatic rings. The molecule has 2 heterocycles. The van der Waals surface area contributed by atoms with Gasteiger partial charge in [0.05, 0.1) is 0 Å². The molecule has 0 radical (unpaired) electrons. The normalized spacial score (nSPS) is 8.86. The maximum atomic E-state index is 4.22. The van der Waals surface area contributed by atoms with E-state index in [0.717, 1.165) is 16.7 Å². The van der Waals surface area contributed by atoms with Gasteiger partial charge in [0.15, 0.2) is 0 Å². The van der Waals surface area contributed by atoms with E-state index >= 15 is 0 Å². The van der Waals surface area contributed by atoms with Crippen molar-refractivity contribution in [1.82, 2.24) is 14.8 Å². The first-order chi connectivity index (χ1) is 6.29. The molecule has 2 aromatic rings. The van der Waals surface area contributed by atoms with E-state index in [0.29, 0.717) is 0 Å². The first-order valence-corrected chi connectivity index (χ1v) is 4.45. The molecule has 0 saturated carbocycles. The van der Waals surface area contributed by atoms with Crippen LogP contribution in [-0.4, -0.2) is 14.8 Å². The maximum Gasteiger partial charge on any atom is 1.00 e. The van der Waals surface area contributed by atoms with E-state index in [9.17, 15) is 0 Å². The molecule has 0 fully saturated rings. The van der Waals surface area contributed by atoms with Crippen LogP contribution in [0.3, 0.4) is 0 Å². The van der Waals surface area contributed by atoms with Crippen molar-refractivity contribution in [1.29, 1.82) is 0 Å². The molecule has 3 nitrogen and oxygen atoms in total. The number of aromatic nitrogens is 3. The van der Waals surface area contributed by atoms with Crippen LogP contribution >= 0.6 is 0 Å². The maximum absolute atomic E-state index is 4.22. The second-order valence-electron chi connectivity index (χ2n) is 2.52. The van der Waals surface area contributed by atoms with Crippen molar-refractivity contribution in [2.75, 3.05) is 0 Å². The molecule has 14 heavy (non-hydrogen) atoms. The van der Waals surface area contributed by atoms with Gasteiger partial charge in [-0.05, 0) is 6.92 Å². The van der Waals surface area contributed by atoms with Crippen LogP contribution in [0.15, 0.2) is 12.1 Å². The molecule has 0 unspecified atom stereocenters. The summed E-state index contributed by atoms with van der Waals surface area (Å²) in [5.41, 5.74) is 1.91. The fourth-order valence-corrected chi connectivity index (χ4v) is 1.21. The van der Waals surface area contributed by atoms with Crippen LogP contribution in [0.5, 0.6) is 0 Å². The second kappa shape index (κ2) is 6.83. The molecule has 0 aromatic carbocycles. The van der Waals surface area contributed by atoms with E-state index in [1.54, 1.807) is 10.7 Å². The summed E-state index contributed by atoms with van der Waals surface area (Å²) in [6, 6.07) is 3.78. The average Bonchev–Trinajstić information content (AvgIpc) is 2.47. The molecule has 0 atom stereocenters. The summed E-state index contributed by atoms with van der Waals surface area (Å²) in [6.45, 7) is 5.98. The van der Waals surface area contributed by atoms with E-state index in [4.69, 9.17) is 0 Å². The van der Waals surface area contributed by atoms with Crippen LogP contribution in [0.2, 0.25) is 0 Å². The Morgan fingerprint density at radius 3 is 2.57 bits per heavy atom. The first kappa shape index (κ1) is 14.4. The zero-order chi connectivity index (χ0) is 9.84. The predicted octanol–water partition coefficient (Wildman–Crippen LogP) is -0.893. The predicted molar refractivity (Wildman–Crippen MR) is 53.4 cm³/mol. The number of aryl methyl sites for hydroxylation is 2. The minimum absolute atomic E-state index is 0. The summed E-state index contributed by atoms with van der Waals surface area (Å²) in [5, 5.41) is 5.33. The van der Waals surface area contributed by atoms with Gasteiger partial charge in [-0.15, -0.1) is 0 Å². The van der Waals surface area contributed by atoms with Gasteiger partial charge in [-0.1, -0.05) is 25.4 Å². The molecule has 4 heteroatoms. The van der Waals surface area contributed by atoms with E-state index in [1.807, 2.05) is 33.9 Å². The van der Waals surface area contributed by atoms with Crippen LogP contribution in [0.25, 0.3) is 11.0 Å². The van der Waals surface area contributed by atoms with E-state index < -0.39 is 0 Å². The van der Waals surface area contributed by atoms with Gasteiger partial charge in [-0.3, -0.25) is 0 Å². The first-order valence-electron chi connectivity index (χ1n) is 4.45. The average molecular weight is 262 g/mol. The fraction of sp³-hybridized carbons (Fsp3) is 0.400. The molecule has 0 N–H and O–H groups in total. The number of fused-ring (bicyclic) bond motifs is 1. The van der Waals surface area contributed by atoms with Crippen LogP contribution in [0.1, 0.15) is 19.5 Å². The summed E-state index contributed by atoms with van der Waals surface area (Å²) in [7, 11) is 1.89. The molecule has 0 spiro atoms. The van der Waals surface area contributed by atoms with Crippen LogP contribution < -0.4 is 58.2 Å². The SMILES string of the molecule is CC.Cc1nn(C)c2n[c-]ccc12.[Rb+]. The third kappa shape index (κ3) is 2.96.